The molecular formula is C16H14N2S. The molecule has 0 spiro atoms. The maximum absolute atomic E-state index is 4.46. The normalized spacial score (nSPS) is 10.6. The molecule has 0 bridgehead atoms. The van der Waals surface area contributed by atoms with Gasteiger partial charge in [-0.15, -0.1) is 11.8 Å². The summed E-state index contributed by atoms with van der Waals surface area (Å²) in [6.07, 6.45) is 6.00. The molecular weight excluding hydrogens is 252 g/mol. The minimum Gasteiger partial charge on any atom is -0.306 e. The first kappa shape index (κ1) is 12.1. The molecule has 1 heterocycles. The van der Waals surface area contributed by atoms with Crippen molar-refractivity contribution in [1.29, 1.82) is 0 Å². The topological polar surface area (TPSA) is 17.8 Å². The van der Waals surface area contributed by atoms with Gasteiger partial charge in [-0.3, -0.25) is 0 Å². The molecule has 0 amide bonds. The largest absolute Gasteiger partial charge is 0.306 e. The Morgan fingerprint density at radius 2 is 1.68 bits per heavy atom. The van der Waals surface area contributed by atoms with Crippen molar-refractivity contribution >= 4 is 11.8 Å². The van der Waals surface area contributed by atoms with E-state index in [1.54, 1.807) is 11.8 Å². The summed E-state index contributed by atoms with van der Waals surface area (Å²) in [4.78, 5) is 5.73. The summed E-state index contributed by atoms with van der Waals surface area (Å²) in [6.45, 7) is 0. The number of imidazole rings is 1. The molecule has 0 atom stereocenters. The van der Waals surface area contributed by atoms with Crippen LogP contribution in [-0.2, 0) is 0 Å². The number of thioether (sulfide) groups is 1. The third-order valence-corrected chi connectivity index (χ3v) is 3.77. The van der Waals surface area contributed by atoms with Crippen molar-refractivity contribution < 1.29 is 0 Å². The van der Waals surface area contributed by atoms with Crippen molar-refractivity contribution in [3.63, 3.8) is 0 Å². The molecule has 2 nitrogen and oxygen atoms in total. The van der Waals surface area contributed by atoms with Crippen molar-refractivity contribution in [2.75, 3.05) is 6.26 Å². The van der Waals surface area contributed by atoms with Crippen LogP contribution in [0.25, 0.3) is 16.9 Å². The quantitative estimate of drug-likeness (QED) is 0.659. The lowest BCUT2D eigenvalue weighted by molar-refractivity contribution is 1.05. The van der Waals surface area contributed by atoms with Crippen molar-refractivity contribution in [2.45, 2.75) is 4.90 Å². The lowest BCUT2D eigenvalue weighted by Crippen LogP contribution is -1.88. The Morgan fingerprint density at radius 3 is 2.37 bits per heavy atom. The van der Waals surface area contributed by atoms with Crippen LogP contribution in [0.1, 0.15) is 0 Å². The molecule has 0 aliphatic rings. The number of rotatable bonds is 3. The van der Waals surface area contributed by atoms with Crippen LogP contribution in [0, 0.1) is 0 Å². The van der Waals surface area contributed by atoms with E-state index in [0.29, 0.717) is 0 Å². The Kier molecular flexibility index (Phi) is 3.38. The molecule has 0 unspecified atom stereocenters. The van der Waals surface area contributed by atoms with Gasteiger partial charge in [-0.05, 0) is 30.5 Å². The van der Waals surface area contributed by atoms with Gasteiger partial charge in [0.2, 0.25) is 0 Å². The Morgan fingerprint density at radius 1 is 0.947 bits per heavy atom. The number of hydrogen-bond donors (Lipinski definition) is 0. The van der Waals surface area contributed by atoms with Crippen LogP contribution >= 0.6 is 11.8 Å². The van der Waals surface area contributed by atoms with Gasteiger partial charge in [0.05, 0.1) is 12.0 Å². The van der Waals surface area contributed by atoms with Crippen LogP contribution < -0.4 is 0 Å². The van der Waals surface area contributed by atoms with Crippen molar-refractivity contribution in [3.8, 4) is 16.9 Å². The summed E-state index contributed by atoms with van der Waals surface area (Å²) in [5.74, 6) is 0. The van der Waals surface area contributed by atoms with Crippen LogP contribution in [0.4, 0.5) is 0 Å². The predicted octanol–water partition coefficient (Wildman–Crippen LogP) is 4.26. The second-order valence-corrected chi connectivity index (χ2v) is 5.11. The molecule has 0 saturated carbocycles. The molecule has 2 aromatic carbocycles. The van der Waals surface area contributed by atoms with Gasteiger partial charge < -0.3 is 4.57 Å². The SMILES string of the molecule is CSc1ccc(-n2cnc(-c3ccccc3)c2)cc1. The van der Waals surface area contributed by atoms with Gasteiger partial charge >= 0.3 is 0 Å². The monoisotopic (exact) mass is 266 g/mol. The highest BCUT2D eigenvalue weighted by Gasteiger charge is 2.02. The summed E-state index contributed by atoms with van der Waals surface area (Å²) in [5.41, 5.74) is 3.27. The minimum atomic E-state index is 0.995. The number of aromatic nitrogens is 2. The molecule has 19 heavy (non-hydrogen) atoms. The summed E-state index contributed by atoms with van der Waals surface area (Å²) >= 11 is 1.75. The van der Waals surface area contributed by atoms with Crippen LogP contribution in [0.2, 0.25) is 0 Å². The van der Waals surface area contributed by atoms with E-state index in [0.717, 1.165) is 16.9 Å². The molecule has 0 saturated heterocycles. The van der Waals surface area contributed by atoms with Crippen LogP contribution in [0.5, 0.6) is 0 Å². The maximum atomic E-state index is 4.46. The lowest BCUT2D eigenvalue weighted by Gasteiger charge is -2.02. The summed E-state index contributed by atoms with van der Waals surface area (Å²) < 4.78 is 2.05. The van der Waals surface area contributed by atoms with Gasteiger partial charge in [0.25, 0.3) is 0 Å². The zero-order valence-electron chi connectivity index (χ0n) is 10.7. The van der Waals surface area contributed by atoms with Gasteiger partial charge in [-0.1, -0.05) is 30.3 Å². The zero-order chi connectivity index (χ0) is 13.1. The molecule has 0 N–H and O–H groups in total. The molecule has 3 rings (SSSR count). The molecule has 3 aromatic rings. The Labute approximate surface area is 117 Å². The molecule has 3 heteroatoms. The van der Waals surface area contributed by atoms with Gasteiger partial charge in [0.1, 0.15) is 0 Å². The van der Waals surface area contributed by atoms with Gasteiger partial charge in [-0.2, -0.15) is 0 Å². The lowest BCUT2D eigenvalue weighted by atomic mass is 10.2. The zero-order valence-corrected chi connectivity index (χ0v) is 11.5. The first-order valence-electron chi connectivity index (χ1n) is 6.10. The smallest absolute Gasteiger partial charge is 0.0999 e. The molecule has 0 aliphatic heterocycles. The highest BCUT2D eigenvalue weighted by Crippen LogP contribution is 2.20. The maximum Gasteiger partial charge on any atom is 0.0999 e. The molecule has 1 aromatic heterocycles. The van der Waals surface area contributed by atoms with Crippen LogP contribution in [-0.4, -0.2) is 15.8 Å². The summed E-state index contributed by atoms with van der Waals surface area (Å²) in [5, 5.41) is 0. The second kappa shape index (κ2) is 5.33. The molecule has 94 valence electrons. The van der Waals surface area contributed by atoms with E-state index in [4.69, 9.17) is 0 Å². The molecule has 0 fully saturated rings. The number of hydrogen-bond acceptors (Lipinski definition) is 2. The average molecular weight is 266 g/mol. The van der Waals surface area contributed by atoms with E-state index in [1.165, 1.54) is 4.90 Å². The summed E-state index contributed by atoms with van der Waals surface area (Å²) in [7, 11) is 0. The van der Waals surface area contributed by atoms with E-state index < -0.39 is 0 Å². The fourth-order valence-corrected chi connectivity index (χ4v) is 2.38. The van der Waals surface area contributed by atoms with Gasteiger partial charge in [0, 0.05) is 22.3 Å². The first-order chi connectivity index (χ1) is 9.36. The van der Waals surface area contributed by atoms with E-state index in [9.17, 15) is 0 Å². The number of nitrogens with zero attached hydrogens (tertiary/aromatic N) is 2. The van der Waals surface area contributed by atoms with Crippen molar-refractivity contribution in [1.82, 2.24) is 9.55 Å². The highest BCUT2D eigenvalue weighted by molar-refractivity contribution is 7.98. The minimum absolute atomic E-state index is 0.995. The fraction of sp³-hybridized carbons (Fsp3) is 0.0625. The summed E-state index contributed by atoms with van der Waals surface area (Å²) in [6, 6.07) is 18.7. The van der Waals surface area contributed by atoms with Gasteiger partial charge in [0.15, 0.2) is 0 Å². The third kappa shape index (κ3) is 2.56. The average Bonchev–Trinajstić information content (AvgIpc) is 2.98. The van der Waals surface area contributed by atoms with Crippen molar-refractivity contribution in [2.24, 2.45) is 0 Å². The Balaban J connectivity index is 1.92. The first-order valence-corrected chi connectivity index (χ1v) is 7.33. The third-order valence-electron chi connectivity index (χ3n) is 3.02. The fourth-order valence-electron chi connectivity index (χ4n) is 1.98. The highest BCUT2D eigenvalue weighted by atomic mass is 32.2. The van der Waals surface area contributed by atoms with E-state index >= 15 is 0 Å². The molecule has 0 aliphatic carbocycles. The standard InChI is InChI=1S/C16H14N2S/c1-19-15-9-7-14(8-10-15)18-11-16(17-12-18)13-5-3-2-4-6-13/h2-12H,1H3. The second-order valence-electron chi connectivity index (χ2n) is 4.23. The Bertz CT molecular complexity index is 657. The van der Waals surface area contributed by atoms with E-state index in [1.807, 2.05) is 29.1 Å². The van der Waals surface area contributed by atoms with Crippen LogP contribution in [0.15, 0.2) is 72.0 Å². The Hall–Kier alpha value is -2.00. The number of benzene rings is 2. The van der Waals surface area contributed by atoms with Crippen molar-refractivity contribution in [3.05, 3.63) is 67.1 Å². The molecule has 0 radical (unpaired) electrons. The van der Waals surface area contributed by atoms with E-state index in [2.05, 4.69) is 53.8 Å². The van der Waals surface area contributed by atoms with E-state index in [-0.39, 0.29) is 0 Å². The predicted molar refractivity (Wildman–Crippen MR) is 80.8 cm³/mol. The van der Waals surface area contributed by atoms with Gasteiger partial charge in [-0.25, -0.2) is 4.98 Å². The van der Waals surface area contributed by atoms with Crippen LogP contribution in [0.3, 0.4) is 0 Å².